The molecule has 6 nitrogen and oxygen atoms in total. The van der Waals surface area contributed by atoms with Gasteiger partial charge in [-0.05, 0) is 62.3 Å². The lowest BCUT2D eigenvalue weighted by molar-refractivity contribution is 0.0986. The van der Waals surface area contributed by atoms with Gasteiger partial charge in [0.05, 0.1) is 14.2 Å². The maximum absolute atomic E-state index is 13.6. The lowest BCUT2D eigenvalue weighted by Crippen LogP contribution is -2.33. The zero-order valence-corrected chi connectivity index (χ0v) is 22.1. The fourth-order valence-electron chi connectivity index (χ4n) is 3.49. The molecule has 0 bridgehead atoms. The van der Waals surface area contributed by atoms with E-state index in [0.717, 1.165) is 23.4 Å². The van der Waals surface area contributed by atoms with Gasteiger partial charge < -0.3 is 14.4 Å². The summed E-state index contributed by atoms with van der Waals surface area (Å²) in [7, 11) is 7.32. The Hall–Kier alpha value is -2.35. The van der Waals surface area contributed by atoms with E-state index in [9.17, 15) is 4.79 Å². The molecule has 0 atom stereocenters. The number of anilines is 1. The molecule has 33 heavy (non-hydrogen) atoms. The Labute approximate surface area is 206 Å². The molecule has 180 valence electrons. The maximum Gasteiger partial charge on any atom is 0.260 e. The van der Waals surface area contributed by atoms with Crippen molar-refractivity contribution in [3.63, 3.8) is 0 Å². The van der Waals surface area contributed by atoms with Crippen LogP contribution in [0.15, 0.2) is 36.4 Å². The van der Waals surface area contributed by atoms with Crippen LogP contribution in [-0.2, 0) is 5.41 Å². The van der Waals surface area contributed by atoms with E-state index in [0.29, 0.717) is 28.5 Å². The second-order valence-corrected chi connectivity index (χ2v) is 10.1. The van der Waals surface area contributed by atoms with Crippen molar-refractivity contribution >= 4 is 45.0 Å². The minimum Gasteiger partial charge on any atom is -0.495 e. The Balaban J connectivity index is 0.00000385. The van der Waals surface area contributed by atoms with E-state index in [-0.39, 0.29) is 23.7 Å². The third-order valence-corrected chi connectivity index (χ3v) is 6.45. The Morgan fingerprint density at radius 2 is 1.58 bits per heavy atom. The largest absolute Gasteiger partial charge is 0.495 e. The summed E-state index contributed by atoms with van der Waals surface area (Å²) in [6.45, 7) is 7.95. The summed E-state index contributed by atoms with van der Waals surface area (Å²) in [5.41, 5.74) is 2.59. The third kappa shape index (κ3) is 6.16. The summed E-state index contributed by atoms with van der Waals surface area (Å²) < 4.78 is 11.9. The molecule has 3 rings (SSSR count). The zero-order valence-electron chi connectivity index (χ0n) is 20.5. The number of methoxy groups -OCH3 is 2. The van der Waals surface area contributed by atoms with Gasteiger partial charge in [0.15, 0.2) is 5.13 Å². The molecule has 8 heteroatoms. The molecule has 0 aliphatic carbocycles. The van der Waals surface area contributed by atoms with Crippen LogP contribution in [0.1, 0.15) is 43.1 Å². The molecule has 0 fully saturated rings. The summed E-state index contributed by atoms with van der Waals surface area (Å²) in [4.78, 5) is 22.3. The molecule has 3 aromatic rings. The number of fused-ring (bicyclic) bond motifs is 1. The SMILES string of the molecule is COc1ccc(OC)c2sc(N(CCCN(C)C)C(=O)c3ccc(C(C)(C)C)cc3)nc12.Cl. The Bertz CT molecular complexity index is 1030. The fraction of sp³-hybridized carbons (Fsp3) is 0.440. The minimum absolute atomic E-state index is 0. The number of ether oxygens (including phenoxy) is 2. The number of aromatic nitrogens is 1. The first-order valence-electron chi connectivity index (χ1n) is 10.7. The second kappa shape index (κ2) is 11.2. The van der Waals surface area contributed by atoms with Crippen molar-refractivity contribution in [2.75, 3.05) is 46.3 Å². The molecule has 1 heterocycles. The van der Waals surface area contributed by atoms with Crippen molar-refractivity contribution < 1.29 is 14.3 Å². The number of carbonyl (C=O) groups excluding carboxylic acids is 1. The van der Waals surface area contributed by atoms with Gasteiger partial charge in [0, 0.05) is 12.1 Å². The molecule has 1 aromatic heterocycles. The van der Waals surface area contributed by atoms with E-state index < -0.39 is 0 Å². The number of thiazole rings is 1. The van der Waals surface area contributed by atoms with Gasteiger partial charge in [0.25, 0.3) is 5.91 Å². The molecular weight excluding hydrogens is 458 g/mol. The lowest BCUT2D eigenvalue weighted by Gasteiger charge is -2.22. The summed E-state index contributed by atoms with van der Waals surface area (Å²) in [6.07, 6.45) is 0.836. The highest BCUT2D eigenvalue weighted by atomic mass is 35.5. The van der Waals surface area contributed by atoms with Gasteiger partial charge in [0.2, 0.25) is 0 Å². The predicted octanol–water partition coefficient (Wildman–Crippen LogP) is 5.63. The number of rotatable bonds is 8. The number of halogens is 1. The van der Waals surface area contributed by atoms with Crippen molar-refractivity contribution in [2.45, 2.75) is 32.6 Å². The molecule has 0 N–H and O–H groups in total. The number of hydrogen-bond acceptors (Lipinski definition) is 6. The van der Waals surface area contributed by atoms with E-state index in [1.165, 1.54) is 16.9 Å². The maximum atomic E-state index is 13.6. The number of amides is 1. The number of benzene rings is 2. The van der Waals surface area contributed by atoms with Crippen LogP contribution in [0.3, 0.4) is 0 Å². The Kier molecular flexibility index (Phi) is 9.12. The number of nitrogens with zero attached hydrogens (tertiary/aromatic N) is 3. The zero-order chi connectivity index (χ0) is 23.5. The van der Waals surface area contributed by atoms with Crippen molar-refractivity contribution in [3.05, 3.63) is 47.5 Å². The average molecular weight is 492 g/mol. The Morgan fingerprint density at radius 3 is 2.12 bits per heavy atom. The Morgan fingerprint density at radius 1 is 0.970 bits per heavy atom. The first-order valence-corrected chi connectivity index (χ1v) is 11.6. The van der Waals surface area contributed by atoms with Crippen LogP contribution >= 0.6 is 23.7 Å². The third-order valence-electron chi connectivity index (χ3n) is 5.36. The van der Waals surface area contributed by atoms with Gasteiger partial charge >= 0.3 is 0 Å². The van der Waals surface area contributed by atoms with Crippen LogP contribution in [0, 0.1) is 0 Å². The number of hydrogen-bond donors (Lipinski definition) is 0. The van der Waals surface area contributed by atoms with Crippen molar-refractivity contribution in [1.29, 1.82) is 0 Å². The molecule has 0 aliphatic heterocycles. The van der Waals surface area contributed by atoms with Crippen molar-refractivity contribution in [1.82, 2.24) is 9.88 Å². The summed E-state index contributed by atoms with van der Waals surface area (Å²) in [6, 6.07) is 11.6. The predicted molar refractivity (Wildman–Crippen MR) is 140 cm³/mol. The molecule has 0 radical (unpaired) electrons. The van der Waals surface area contributed by atoms with E-state index >= 15 is 0 Å². The first-order chi connectivity index (χ1) is 15.2. The van der Waals surface area contributed by atoms with Crippen LogP contribution in [0.4, 0.5) is 5.13 Å². The van der Waals surface area contributed by atoms with E-state index in [2.05, 4.69) is 25.7 Å². The van der Waals surface area contributed by atoms with Crippen LogP contribution in [0.25, 0.3) is 10.2 Å². The standard InChI is InChI=1S/C25H33N3O3S.ClH/c1-25(2,3)18-11-9-17(10-12-18)23(29)28(16-8-15-27(4)5)24-26-21-19(30-6)13-14-20(31-7)22(21)32-24;/h9-14H,8,15-16H2,1-7H3;1H. The summed E-state index contributed by atoms with van der Waals surface area (Å²) in [5.74, 6) is 1.33. The highest BCUT2D eigenvalue weighted by molar-refractivity contribution is 7.22. The van der Waals surface area contributed by atoms with Gasteiger partial charge in [-0.25, -0.2) is 4.98 Å². The van der Waals surface area contributed by atoms with E-state index in [1.807, 2.05) is 50.5 Å². The first kappa shape index (κ1) is 26.9. The van der Waals surface area contributed by atoms with Gasteiger partial charge in [-0.15, -0.1) is 12.4 Å². The molecule has 0 spiro atoms. The second-order valence-electron chi connectivity index (χ2n) is 9.09. The highest BCUT2D eigenvalue weighted by Crippen LogP contribution is 2.40. The van der Waals surface area contributed by atoms with Crippen LogP contribution in [0.5, 0.6) is 11.5 Å². The molecule has 2 aromatic carbocycles. The topological polar surface area (TPSA) is 54.9 Å². The van der Waals surface area contributed by atoms with Crippen LogP contribution in [-0.4, -0.2) is 57.2 Å². The van der Waals surface area contributed by atoms with Crippen molar-refractivity contribution in [2.24, 2.45) is 0 Å². The fourth-order valence-corrected chi connectivity index (χ4v) is 4.59. The number of carbonyl (C=O) groups is 1. The van der Waals surface area contributed by atoms with E-state index in [4.69, 9.17) is 14.5 Å². The molecule has 0 saturated heterocycles. The van der Waals surface area contributed by atoms with Gasteiger partial charge in [-0.3, -0.25) is 9.69 Å². The van der Waals surface area contributed by atoms with Gasteiger partial charge in [0.1, 0.15) is 21.7 Å². The quantitative estimate of drug-likeness (QED) is 0.408. The van der Waals surface area contributed by atoms with Crippen molar-refractivity contribution in [3.8, 4) is 11.5 Å². The summed E-state index contributed by atoms with van der Waals surface area (Å²) >= 11 is 1.45. The van der Waals surface area contributed by atoms with Gasteiger partial charge in [-0.2, -0.15) is 0 Å². The molecule has 0 saturated carbocycles. The van der Waals surface area contributed by atoms with Gasteiger partial charge in [-0.1, -0.05) is 44.2 Å². The molecule has 0 unspecified atom stereocenters. The molecule has 1 amide bonds. The average Bonchev–Trinajstić information content (AvgIpc) is 3.20. The van der Waals surface area contributed by atoms with Crippen LogP contribution in [0.2, 0.25) is 0 Å². The summed E-state index contributed by atoms with van der Waals surface area (Å²) in [5, 5.41) is 0.645. The normalized spacial score (nSPS) is 11.4. The molecule has 0 aliphatic rings. The highest BCUT2D eigenvalue weighted by Gasteiger charge is 2.24. The monoisotopic (exact) mass is 491 g/mol. The minimum atomic E-state index is -0.0544. The molecular formula is C25H34ClN3O3S. The van der Waals surface area contributed by atoms with E-state index in [1.54, 1.807) is 19.1 Å². The lowest BCUT2D eigenvalue weighted by atomic mass is 9.86. The van der Waals surface area contributed by atoms with Crippen LogP contribution < -0.4 is 14.4 Å². The smallest absolute Gasteiger partial charge is 0.260 e.